The van der Waals surface area contributed by atoms with Crippen molar-refractivity contribution in [1.82, 2.24) is 4.90 Å². The highest BCUT2D eigenvalue weighted by molar-refractivity contribution is 5.94. The molecule has 2 unspecified atom stereocenters. The molecule has 1 heterocycles. The normalized spacial score (nSPS) is 19.3. The van der Waals surface area contributed by atoms with Crippen molar-refractivity contribution in [2.75, 3.05) is 18.4 Å². The van der Waals surface area contributed by atoms with Gasteiger partial charge in [0.15, 0.2) is 0 Å². The highest BCUT2D eigenvalue weighted by Gasteiger charge is 2.33. The third kappa shape index (κ3) is 4.14. The zero-order valence-electron chi connectivity index (χ0n) is 11.9. The van der Waals surface area contributed by atoms with E-state index >= 15 is 0 Å². The molecule has 0 bridgehead atoms. The monoisotopic (exact) mass is 334 g/mol. The zero-order valence-corrected chi connectivity index (χ0v) is 12.7. The molecular weight excluding hydrogens is 318 g/mol. The second kappa shape index (κ2) is 7.51. The lowest BCUT2D eigenvalue weighted by Gasteiger charge is -2.23. The summed E-state index contributed by atoms with van der Waals surface area (Å²) in [5, 5.41) is 11.3. The smallest absolute Gasteiger partial charge is 0.307 e. The molecule has 1 fully saturated rings. The maximum absolute atomic E-state index is 13.5. The molecule has 0 radical (unpaired) electrons. The van der Waals surface area contributed by atoms with Crippen LogP contribution in [-0.2, 0) is 9.59 Å². The van der Waals surface area contributed by atoms with Gasteiger partial charge in [0.05, 0.1) is 17.6 Å². The Morgan fingerprint density at radius 3 is 2.64 bits per heavy atom. The van der Waals surface area contributed by atoms with E-state index in [1.807, 2.05) is 0 Å². The first-order valence-corrected chi connectivity index (χ1v) is 6.61. The number of hydrogen-bond acceptors (Lipinski definition) is 3. The van der Waals surface area contributed by atoms with Gasteiger partial charge in [-0.05, 0) is 32.0 Å². The van der Waals surface area contributed by atoms with Crippen LogP contribution in [0.1, 0.15) is 13.3 Å². The quantitative estimate of drug-likeness (QED) is 0.885. The molecule has 0 aliphatic carbocycles. The first-order chi connectivity index (χ1) is 9.88. The number of benzene rings is 1. The van der Waals surface area contributed by atoms with E-state index in [1.165, 1.54) is 0 Å². The molecule has 5 nitrogen and oxygen atoms in total. The molecule has 122 valence electrons. The van der Waals surface area contributed by atoms with Crippen LogP contribution in [0.5, 0.6) is 0 Å². The Morgan fingerprint density at radius 1 is 1.41 bits per heavy atom. The number of carboxylic acids is 1. The van der Waals surface area contributed by atoms with Crippen LogP contribution < -0.4 is 5.32 Å². The van der Waals surface area contributed by atoms with Gasteiger partial charge < -0.3 is 10.4 Å². The lowest BCUT2D eigenvalue weighted by atomic mass is 10.1. The molecule has 2 N–H and O–H groups in total. The third-order valence-electron chi connectivity index (χ3n) is 3.69. The number of rotatable bonds is 4. The van der Waals surface area contributed by atoms with Gasteiger partial charge in [0.2, 0.25) is 5.91 Å². The first kappa shape index (κ1) is 18.3. The van der Waals surface area contributed by atoms with Gasteiger partial charge in [-0.2, -0.15) is 0 Å². The molecule has 2 atom stereocenters. The third-order valence-corrected chi connectivity index (χ3v) is 3.69. The molecule has 0 spiro atoms. The summed E-state index contributed by atoms with van der Waals surface area (Å²) in [6, 6.07) is 2.31. The fourth-order valence-corrected chi connectivity index (χ4v) is 2.33. The van der Waals surface area contributed by atoms with Crippen molar-refractivity contribution < 1.29 is 23.5 Å². The number of likely N-dealkylation sites (tertiary alicyclic amines) is 1. The lowest BCUT2D eigenvalue weighted by Crippen LogP contribution is -2.41. The minimum Gasteiger partial charge on any atom is -0.481 e. The van der Waals surface area contributed by atoms with Crippen LogP contribution in [0, 0.1) is 17.6 Å². The number of carbonyl (C=O) groups excluding carboxylic acids is 1. The minimum absolute atomic E-state index is 0. The van der Waals surface area contributed by atoms with Gasteiger partial charge in [-0.1, -0.05) is 0 Å². The average Bonchev–Trinajstić information content (AvgIpc) is 2.90. The highest BCUT2D eigenvalue weighted by atomic mass is 35.5. The van der Waals surface area contributed by atoms with Gasteiger partial charge in [0.1, 0.15) is 11.6 Å². The summed E-state index contributed by atoms with van der Waals surface area (Å²) in [6.45, 7) is 2.41. The van der Waals surface area contributed by atoms with Gasteiger partial charge in [-0.15, -0.1) is 12.4 Å². The molecule has 1 aliphatic heterocycles. The summed E-state index contributed by atoms with van der Waals surface area (Å²) < 4.78 is 26.3. The Hall–Kier alpha value is -1.73. The predicted molar refractivity (Wildman–Crippen MR) is 79.0 cm³/mol. The van der Waals surface area contributed by atoms with Crippen molar-refractivity contribution in [3.63, 3.8) is 0 Å². The van der Waals surface area contributed by atoms with Crippen LogP contribution in [0.4, 0.5) is 14.5 Å². The predicted octanol–water partition coefficient (Wildman–Crippen LogP) is 2.12. The number of aliphatic carboxylic acids is 1. The van der Waals surface area contributed by atoms with Crippen LogP contribution in [0.2, 0.25) is 0 Å². The first-order valence-electron chi connectivity index (χ1n) is 6.61. The maximum Gasteiger partial charge on any atom is 0.307 e. The molecule has 0 aromatic heterocycles. The van der Waals surface area contributed by atoms with Crippen molar-refractivity contribution in [2.24, 2.45) is 5.92 Å². The zero-order chi connectivity index (χ0) is 15.6. The van der Waals surface area contributed by atoms with Crippen LogP contribution in [0.15, 0.2) is 18.2 Å². The standard InChI is InChI=1S/C14H16F2N2O3.ClH/c1-8(18-5-4-9(7-18)14(20)21)13(19)17-12-3-2-10(15)6-11(12)16;/h2-3,6,8-9H,4-5,7H2,1H3,(H,17,19)(H,20,21);1H. The molecule has 1 aromatic carbocycles. The summed E-state index contributed by atoms with van der Waals surface area (Å²) in [5.74, 6) is -3.38. The number of amides is 1. The van der Waals surface area contributed by atoms with Crippen molar-refractivity contribution in [2.45, 2.75) is 19.4 Å². The van der Waals surface area contributed by atoms with Crippen LogP contribution in [0.3, 0.4) is 0 Å². The second-order valence-electron chi connectivity index (χ2n) is 5.11. The van der Waals surface area contributed by atoms with E-state index in [9.17, 15) is 18.4 Å². The summed E-state index contributed by atoms with van der Waals surface area (Å²) in [7, 11) is 0. The van der Waals surface area contributed by atoms with E-state index in [1.54, 1.807) is 11.8 Å². The molecule has 1 amide bonds. The molecule has 8 heteroatoms. The molecule has 1 aromatic rings. The summed E-state index contributed by atoms with van der Waals surface area (Å²) in [6.07, 6.45) is 0.484. The summed E-state index contributed by atoms with van der Waals surface area (Å²) in [4.78, 5) is 24.7. The van der Waals surface area contributed by atoms with Crippen molar-refractivity contribution in [1.29, 1.82) is 0 Å². The van der Waals surface area contributed by atoms with Gasteiger partial charge in [0, 0.05) is 12.6 Å². The molecular formula is C14H17ClF2N2O3. The molecule has 2 rings (SSSR count). The Kier molecular flexibility index (Phi) is 6.25. The summed E-state index contributed by atoms with van der Waals surface area (Å²) in [5.41, 5.74) is -0.0952. The van der Waals surface area contributed by atoms with E-state index < -0.39 is 35.5 Å². The second-order valence-corrected chi connectivity index (χ2v) is 5.11. The van der Waals surface area contributed by atoms with E-state index in [2.05, 4.69) is 5.32 Å². The highest BCUT2D eigenvalue weighted by Crippen LogP contribution is 2.20. The van der Waals surface area contributed by atoms with Crippen LogP contribution in [0.25, 0.3) is 0 Å². The molecule has 0 saturated carbocycles. The molecule has 22 heavy (non-hydrogen) atoms. The van der Waals surface area contributed by atoms with Crippen molar-refractivity contribution in [3.05, 3.63) is 29.8 Å². The SMILES string of the molecule is CC(C(=O)Nc1ccc(F)cc1F)N1CCC(C(=O)O)C1.Cl. The molecule has 1 saturated heterocycles. The van der Waals surface area contributed by atoms with E-state index in [4.69, 9.17) is 5.11 Å². The number of carbonyl (C=O) groups is 2. The number of carboxylic acid groups (broad SMARTS) is 1. The fraction of sp³-hybridized carbons (Fsp3) is 0.429. The van der Waals surface area contributed by atoms with E-state index in [0.29, 0.717) is 19.0 Å². The van der Waals surface area contributed by atoms with Crippen molar-refractivity contribution >= 4 is 30.0 Å². The van der Waals surface area contributed by atoms with Gasteiger partial charge in [-0.25, -0.2) is 8.78 Å². The van der Waals surface area contributed by atoms with Gasteiger partial charge in [-0.3, -0.25) is 14.5 Å². The van der Waals surface area contributed by atoms with E-state index in [0.717, 1.165) is 12.1 Å². The minimum atomic E-state index is -0.880. The average molecular weight is 335 g/mol. The van der Waals surface area contributed by atoms with Crippen LogP contribution in [-0.4, -0.2) is 41.0 Å². The van der Waals surface area contributed by atoms with Gasteiger partial charge >= 0.3 is 5.97 Å². The topological polar surface area (TPSA) is 69.6 Å². The number of nitrogens with one attached hydrogen (secondary N) is 1. The largest absolute Gasteiger partial charge is 0.481 e. The Labute approximate surface area is 132 Å². The van der Waals surface area contributed by atoms with Crippen molar-refractivity contribution in [3.8, 4) is 0 Å². The fourth-order valence-electron chi connectivity index (χ4n) is 2.33. The Bertz CT molecular complexity index is 571. The number of anilines is 1. The number of nitrogens with zero attached hydrogens (tertiary/aromatic N) is 1. The van der Waals surface area contributed by atoms with E-state index in [-0.39, 0.29) is 24.6 Å². The maximum atomic E-state index is 13.5. The number of halogens is 3. The van der Waals surface area contributed by atoms with Gasteiger partial charge in [0.25, 0.3) is 0 Å². The lowest BCUT2D eigenvalue weighted by molar-refractivity contribution is -0.141. The van der Waals surface area contributed by atoms with Crippen LogP contribution >= 0.6 is 12.4 Å². The summed E-state index contributed by atoms with van der Waals surface area (Å²) >= 11 is 0. The Balaban J connectivity index is 0.00000242. The Morgan fingerprint density at radius 2 is 2.09 bits per heavy atom. The number of hydrogen-bond donors (Lipinski definition) is 2. The molecule has 1 aliphatic rings.